The van der Waals surface area contributed by atoms with Crippen molar-refractivity contribution in [3.63, 3.8) is 0 Å². The number of aromatic nitrogens is 1. The second kappa shape index (κ2) is 6.27. The molecule has 0 aliphatic rings. The fraction of sp³-hybridized carbons (Fsp3) is 0.583. The van der Waals surface area contributed by atoms with Crippen molar-refractivity contribution in [1.29, 1.82) is 0 Å². The van der Waals surface area contributed by atoms with Gasteiger partial charge in [0, 0.05) is 6.04 Å². The number of hydrogen-bond donors (Lipinski definition) is 1. The van der Waals surface area contributed by atoms with Crippen LogP contribution in [0.15, 0.2) is 18.3 Å². The van der Waals surface area contributed by atoms with E-state index in [9.17, 15) is 0 Å². The Morgan fingerprint density at radius 1 is 1.47 bits per heavy atom. The van der Waals surface area contributed by atoms with E-state index in [2.05, 4.69) is 24.1 Å². The average molecular weight is 208 g/mol. The molecule has 15 heavy (non-hydrogen) atoms. The molecule has 0 bridgehead atoms. The lowest BCUT2D eigenvalue weighted by Crippen LogP contribution is -2.15. The standard InChI is InChI=1S/C12H20N2O/c1-4-5-6-10(2)14-12-8-7-11(15-3)9-13-12/h7-10H,4-6H2,1-3H3,(H,13,14). The number of hydrogen-bond acceptors (Lipinski definition) is 3. The third-order valence-corrected chi connectivity index (χ3v) is 2.36. The molecule has 84 valence electrons. The van der Waals surface area contributed by atoms with Crippen LogP contribution in [0.4, 0.5) is 5.82 Å². The summed E-state index contributed by atoms with van der Waals surface area (Å²) in [7, 11) is 1.65. The second-order valence-electron chi connectivity index (χ2n) is 3.77. The van der Waals surface area contributed by atoms with Gasteiger partial charge >= 0.3 is 0 Å². The van der Waals surface area contributed by atoms with Gasteiger partial charge in [-0.3, -0.25) is 0 Å². The summed E-state index contributed by atoms with van der Waals surface area (Å²) in [5.41, 5.74) is 0. The molecule has 1 atom stereocenters. The maximum absolute atomic E-state index is 5.05. The molecule has 0 fully saturated rings. The lowest BCUT2D eigenvalue weighted by molar-refractivity contribution is 0.413. The minimum Gasteiger partial charge on any atom is -0.495 e. The van der Waals surface area contributed by atoms with Crippen LogP contribution in [0.25, 0.3) is 0 Å². The van der Waals surface area contributed by atoms with E-state index < -0.39 is 0 Å². The summed E-state index contributed by atoms with van der Waals surface area (Å²) >= 11 is 0. The maximum atomic E-state index is 5.05. The molecular formula is C12H20N2O. The zero-order valence-corrected chi connectivity index (χ0v) is 9.79. The van der Waals surface area contributed by atoms with E-state index in [1.165, 1.54) is 19.3 Å². The van der Waals surface area contributed by atoms with Gasteiger partial charge in [-0.2, -0.15) is 0 Å². The molecule has 0 radical (unpaired) electrons. The monoisotopic (exact) mass is 208 g/mol. The predicted octanol–water partition coefficient (Wildman–Crippen LogP) is 3.08. The third-order valence-electron chi connectivity index (χ3n) is 2.36. The SMILES string of the molecule is CCCCC(C)Nc1ccc(OC)cn1. The first-order valence-corrected chi connectivity index (χ1v) is 5.52. The van der Waals surface area contributed by atoms with E-state index in [-0.39, 0.29) is 0 Å². The normalized spacial score (nSPS) is 12.2. The topological polar surface area (TPSA) is 34.1 Å². The van der Waals surface area contributed by atoms with E-state index in [4.69, 9.17) is 4.74 Å². The molecule has 0 aliphatic heterocycles. The average Bonchev–Trinajstić information content (AvgIpc) is 2.27. The van der Waals surface area contributed by atoms with Gasteiger partial charge in [-0.05, 0) is 25.5 Å². The maximum Gasteiger partial charge on any atom is 0.137 e. The highest BCUT2D eigenvalue weighted by Crippen LogP contribution is 2.13. The van der Waals surface area contributed by atoms with Crippen LogP contribution < -0.4 is 10.1 Å². The molecule has 3 nitrogen and oxygen atoms in total. The zero-order chi connectivity index (χ0) is 11.1. The van der Waals surface area contributed by atoms with Crippen LogP contribution in [0.5, 0.6) is 5.75 Å². The van der Waals surface area contributed by atoms with Crippen molar-refractivity contribution in [2.45, 2.75) is 39.2 Å². The summed E-state index contributed by atoms with van der Waals surface area (Å²) in [6.07, 6.45) is 5.41. The number of anilines is 1. The Hall–Kier alpha value is -1.25. The Morgan fingerprint density at radius 3 is 2.80 bits per heavy atom. The van der Waals surface area contributed by atoms with Crippen LogP contribution >= 0.6 is 0 Å². The molecule has 1 unspecified atom stereocenters. The van der Waals surface area contributed by atoms with Crippen LogP contribution in [0.2, 0.25) is 0 Å². The van der Waals surface area contributed by atoms with E-state index in [0.717, 1.165) is 11.6 Å². The van der Waals surface area contributed by atoms with Gasteiger partial charge in [0.1, 0.15) is 11.6 Å². The van der Waals surface area contributed by atoms with Crippen molar-refractivity contribution in [3.8, 4) is 5.75 Å². The molecule has 1 N–H and O–H groups in total. The first kappa shape index (κ1) is 11.8. The molecule has 1 rings (SSSR count). The summed E-state index contributed by atoms with van der Waals surface area (Å²) < 4.78 is 5.05. The molecule has 0 saturated heterocycles. The number of ether oxygens (including phenoxy) is 1. The molecular weight excluding hydrogens is 188 g/mol. The molecule has 0 saturated carbocycles. The Kier molecular flexibility index (Phi) is 4.95. The molecule has 1 aromatic heterocycles. The molecule has 3 heteroatoms. The van der Waals surface area contributed by atoms with Gasteiger partial charge in [0.05, 0.1) is 13.3 Å². The number of nitrogens with zero attached hydrogens (tertiary/aromatic N) is 1. The number of nitrogens with one attached hydrogen (secondary N) is 1. The first-order chi connectivity index (χ1) is 7.26. The molecule has 1 heterocycles. The molecule has 0 spiro atoms. The van der Waals surface area contributed by atoms with Crippen LogP contribution in [-0.2, 0) is 0 Å². The second-order valence-corrected chi connectivity index (χ2v) is 3.77. The van der Waals surface area contributed by atoms with Crippen molar-refractivity contribution in [1.82, 2.24) is 4.98 Å². The Bertz CT molecular complexity index is 271. The van der Waals surface area contributed by atoms with Gasteiger partial charge in [0.25, 0.3) is 0 Å². The number of rotatable bonds is 6. The molecule has 0 amide bonds. The van der Waals surface area contributed by atoms with Gasteiger partial charge in [0.15, 0.2) is 0 Å². The van der Waals surface area contributed by atoms with Crippen LogP contribution in [-0.4, -0.2) is 18.1 Å². The van der Waals surface area contributed by atoms with E-state index >= 15 is 0 Å². The fourth-order valence-electron chi connectivity index (χ4n) is 1.42. The zero-order valence-electron chi connectivity index (χ0n) is 9.79. The van der Waals surface area contributed by atoms with Gasteiger partial charge in [-0.1, -0.05) is 19.8 Å². The van der Waals surface area contributed by atoms with Crippen molar-refractivity contribution in [3.05, 3.63) is 18.3 Å². The number of methoxy groups -OCH3 is 1. The molecule has 0 aliphatic carbocycles. The minimum atomic E-state index is 0.478. The van der Waals surface area contributed by atoms with Gasteiger partial charge in [-0.15, -0.1) is 0 Å². The van der Waals surface area contributed by atoms with Crippen molar-refractivity contribution in [2.75, 3.05) is 12.4 Å². The van der Waals surface area contributed by atoms with Crippen LogP contribution in [0.3, 0.4) is 0 Å². The predicted molar refractivity (Wildman–Crippen MR) is 63.4 cm³/mol. The quantitative estimate of drug-likeness (QED) is 0.780. The molecule has 0 aromatic carbocycles. The van der Waals surface area contributed by atoms with E-state index in [1.807, 2.05) is 12.1 Å². The van der Waals surface area contributed by atoms with E-state index in [1.54, 1.807) is 13.3 Å². The molecule has 1 aromatic rings. The first-order valence-electron chi connectivity index (χ1n) is 5.52. The summed E-state index contributed by atoms with van der Waals surface area (Å²) in [6, 6.07) is 4.34. The van der Waals surface area contributed by atoms with Gasteiger partial charge in [0.2, 0.25) is 0 Å². The lowest BCUT2D eigenvalue weighted by atomic mass is 10.1. The van der Waals surface area contributed by atoms with Crippen molar-refractivity contribution >= 4 is 5.82 Å². The smallest absolute Gasteiger partial charge is 0.137 e. The van der Waals surface area contributed by atoms with E-state index in [0.29, 0.717) is 6.04 Å². The van der Waals surface area contributed by atoms with Crippen molar-refractivity contribution in [2.24, 2.45) is 0 Å². The summed E-state index contributed by atoms with van der Waals surface area (Å²) in [6.45, 7) is 4.39. The Balaban J connectivity index is 2.42. The highest BCUT2D eigenvalue weighted by molar-refractivity contribution is 5.38. The highest BCUT2D eigenvalue weighted by atomic mass is 16.5. The van der Waals surface area contributed by atoms with Crippen LogP contribution in [0.1, 0.15) is 33.1 Å². The van der Waals surface area contributed by atoms with Crippen molar-refractivity contribution < 1.29 is 4.74 Å². The largest absolute Gasteiger partial charge is 0.495 e. The lowest BCUT2D eigenvalue weighted by Gasteiger charge is -2.13. The fourth-order valence-corrected chi connectivity index (χ4v) is 1.42. The number of pyridine rings is 1. The summed E-state index contributed by atoms with van der Waals surface area (Å²) in [5, 5.41) is 3.36. The Labute approximate surface area is 91.9 Å². The minimum absolute atomic E-state index is 0.478. The highest BCUT2D eigenvalue weighted by Gasteiger charge is 2.01. The van der Waals surface area contributed by atoms with Crippen LogP contribution in [0, 0.1) is 0 Å². The van der Waals surface area contributed by atoms with Gasteiger partial charge < -0.3 is 10.1 Å². The Morgan fingerprint density at radius 2 is 2.27 bits per heavy atom. The summed E-state index contributed by atoms with van der Waals surface area (Å²) in [4.78, 5) is 4.26. The van der Waals surface area contributed by atoms with Gasteiger partial charge in [-0.25, -0.2) is 4.98 Å². The third kappa shape index (κ3) is 4.19. The summed E-state index contributed by atoms with van der Waals surface area (Å²) in [5.74, 6) is 1.71. The number of unbranched alkanes of at least 4 members (excludes halogenated alkanes) is 1.